The first-order chi connectivity index (χ1) is 11.0. The van der Waals surface area contributed by atoms with Gasteiger partial charge in [-0.15, -0.1) is 0 Å². The van der Waals surface area contributed by atoms with Crippen molar-refractivity contribution < 1.29 is 13.6 Å². The molecule has 124 valence electrons. The maximum absolute atomic E-state index is 12.6. The quantitative estimate of drug-likeness (QED) is 0.772. The fourth-order valence-corrected chi connectivity index (χ4v) is 3.66. The minimum Gasteiger partial charge on any atom is -0.314 e. The number of hydrogen-bond donors (Lipinski definition) is 1. The van der Waals surface area contributed by atoms with Crippen LogP contribution in [0.15, 0.2) is 46.1 Å². The van der Waals surface area contributed by atoms with Crippen molar-refractivity contribution in [3.8, 4) is 0 Å². The van der Waals surface area contributed by atoms with Crippen LogP contribution in [-0.4, -0.2) is 22.8 Å². The Morgan fingerprint density at radius 3 is 2.17 bits per heavy atom. The summed E-state index contributed by atoms with van der Waals surface area (Å²) >= 11 is 0. The molecule has 2 rings (SSSR count). The maximum atomic E-state index is 12.6. The van der Waals surface area contributed by atoms with Gasteiger partial charge in [0.05, 0.1) is 25.1 Å². The molecule has 0 bridgehead atoms. The zero-order chi connectivity index (χ0) is 16.9. The number of H-pyrrole nitrogens is 1. The largest absolute Gasteiger partial charge is 0.361 e. The Labute approximate surface area is 133 Å². The molecule has 1 aromatic carbocycles. The van der Waals surface area contributed by atoms with Gasteiger partial charge in [0.1, 0.15) is 0 Å². The topological polar surface area (TPSA) is 90.4 Å². The highest BCUT2D eigenvalue weighted by atomic mass is 31.2. The molecule has 0 amide bonds. The number of rotatable bonds is 7. The van der Waals surface area contributed by atoms with E-state index < -0.39 is 13.3 Å². The van der Waals surface area contributed by atoms with Gasteiger partial charge >= 0.3 is 13.3 Å². The van der Waals surface area contributed by atoms with E-state index in [9.17, 15) is 14.2 Å². The molecule has 0 aliphatic rings. The van der Waals surface area contributed by atoms with Crippen LogP contribution < -0.4 is 16.6 Å². The molecule has 1 heterocycles. The molecule has 0 aliphatic carbocycles. The minimum absolute atomic E-state index is 0.128. The summed E-state index contributed by atoms with van der Waals surface area (Å²) in [7, 11) is -3.33. The molecule has 0 radical (unpaired) electrons. The number of hydrogen-bond acceptors (Lipinski definition) is 5. The number of aromatic amines is 1. The van der Waals surface area contributed by atoms with Crippen LogP contribution in [0.1, 0.15) is 19.4 Å². The molecule has 0 spiro atoms. The van der Waals surface area contributed by atoms with E-state index in [0.29, 0.717) is 5.30 Å². The van der Waals surface area contributed by atoms with Gasteiger partial charge in [0.2, 0.25) is 0 Å². The third-order valence-electron chi connectivity index (χ3n) is 3.14. The van der Waals surface area contributed by atoms with Crippen LogP contribution in [0, 0.1) is 0 Å². The highest BCUT2D eigenvalue weighted by molar-refractivity contribution is 7.62. The number of benzene rings is 1. The molecule has 23 heavy (non-hydrogen) atoms. The molecule has 1 N–H and O–H groups in total. The predicted molar refractivity (Wildman–Crippen MR) is 87.4 cm³/mol. The molecule has 0 unspecified atom stereocenters. The summed E-state index contributed by atoms with van der Waals surface area (Å²) in [5.41, 5.74) is -0.130. The molecule has 0 atom stereocenters. The lowest BCUT2D eigenvalue weighted by Gasteiger charge is -2.17. The van der Waals surface area contributed by atoms with Gasteiger partial charge in [0.15, 0.2) is 0 Å². The van der Waals surface area contributed by atoms with Gasteiger partial charge in [-0.1, -0.05) is 12.1 Å². The second-order valence-corrected chi connectivity index (χ2v) is 6.73. The van der Waals surface area contributed by atoms with E-state index in [-0.39, 0.29) is 25.3 Å². The monoisotopic (exact) mass is 338 g/mol. The van der Waals surface area contributed by atoms with Crippen LogP contribution in [0.4, 0.5) is 0 Å². The molecular formula is C15H19N2O5P. The first kappa shape index (κ1) is 17.4. The van der Waals surface area contributed by atoms with Crippen molar-refractivity contribution in [2.45, 2.75) is 20.4 Å². The Balaban J connectivity index is 2.27. The first-order valence-corrected chi connectivity index (χ1v) is 8.81. The third-order valence-corrected chi connectivity index (χ3v) is 5.26. The Hall–Kier alpha value is -1.95. The Bertz CT molecular complexity index is 771. The van der Waals surface area contributed by atoms with E-state index in [2.05, 4.69) is 4.98 Å². The summed E-state index contributed by atoms with van der Waals surface area (Å²) in [6.07, 6.45) is 1.31. The molecule has 0 aliphatic heterocycles. The summed E-state index contributed by atoms with van der Waals surface area (Å²) in [5, 5.41) is 0.444. The molecule has 2 aromatic rings. The van der Waals surface area contributed by atoms with Gasteiger partial charge in [0.25, 0.3) is 5.56 Å². The molecule has 0 saturated carbocycles. The van der Waals surface area contributed by atoms with E-state index in [1.54, 1.807) is 38.1 Å². The van der Waals surface area contributed by atoms with Crippen molar-refractivity contribution in [2.24, 2.45) is 0 Å². The standard InChI is InChI=1S/C15H19N2O5P/c1-3-21-23(20,22-4-2)13-7-5-12(6-8-13)11-17-14(18)9-10-16-15(17)19/h5-10H,3-4,11H2,1-2H3,(H,16,19). The fraction of sp³-hybridized carbons (Fsp3) is 0.333. The third kappa shape index (κ3) is 4.07. The second kappa shape index (κ2) is 7.55. The fourth-order valence-electron chi connectivity index (χ4n) is 2.09. The van der Waals surface area contributed by atoms with E-state index in [4.69, 9.17) is 9.05 Å². The minimum atomic E-state index is -3.33. The van der Waals surface area contributed by atoms with Crippen LogP contribution in [0.2, 0.25) is 0 Å². The van der Waals surface area contributed by atoms with Crippen LogP contribution >= 0.6 is 7.60 Å². The van der Waals surface area contributed by atoms with Crippen molar-refractivity contribution in [3.05, 3.63) is 62.9 Å². The summed E-state index contributed by atoms with van der Waals surface area (Å²) in [4.78, 5) is 25.8. The normalized spacial score (nSPS) is 11.6. The van der Waals surface area contributed by atoms with Crippen LogP contribution in [0.5, 0.6) is 0 Å². The van der Waals surface area contributed by atoms with Gasteiger partial charge < -0.3 is 14.0 Å². The molecule has 0 fully saturated rings. The highest BCUT2D eigenvalue weighted by Crippen LogP contribution is 2.46. The van der Waals surface area contributed by atoms with E-state index in [0.717, 1.165) is 10.1 Å². The van der Waals surface area contributed by atoms with Gasteiger partial charge in [-0.05, 0) is 31.5 Å². The molecule has 1 aromatic heterocycles. The van der Waals surface area contributed by atoms with Crippen molar-refractivity contribution in [1.29, 1.82) is 0 Å². The van der Waals surface area contributed by atoms with E-state index >= 15 is 0 Å². The summed E-state index contributed by atoms with van der Waals surface area (Å²) in [6.45, 7) is 4.16. The van der Waals surface area contributed by atoms with Gasteiger partial charge in [-0.25, -0.2) is 4.79 Å². The lowest BCUT2D eigenvalue weighted by atomic mass is 10.2. The predicted octanol–water partition coefficient (Wildman–Crippen LogP) is 1.48. The number of nitrogens with zero attached hydrogens (tertiary/aromatic N) is 1. The molecule has 8 heteroatoms. The lowest BCUT2D eigenvalue weighted by molar-refractivity contribution is 0.230. The smallest absolute Gasteiger partial charge is 0.314 e. The Morgan fingerprint density at radius 2 is 1.65 bits per heavy atom. The van der Waals surface area contributed by atoms with Crippen molar-refractivity contribution in [3.63, 3.8) is 0 Å². The maximum Gasteiger partial charge on any atom is 0.361 e. The lowest BCUT2D eigenvalue weighted by Crippen LogP contribution is -2.34. The van der Waals surface area contributed by atoms with Crippen LogP contribution in [0.3, 0.4) is 0 Å². The molecule has 7 nitrogen and oxygen atoms in total. The molecule has 0 saturated heterocycles. The summed E-state index contributed by atoms with van der Waals surface area (Å²) < 4.78 is 24.3. The van der Waals surface area contributed by atoms with Crippen LogP contribution in [-0.2, 0) is 20.2 Å². The Kier molecular flexibility index (Phi) is 5.71. The van der Waals surface area contributed by atoms with E-state index in [1.807, 2.05) is 0 Å². The van der Waals surface area contributed by atoms with Gasteiger partial charge in [0, 0.05) is 12.3 Å². The first-order valence-electron chi connectivity index (χ1n) is 7.27. The summed E-state index contributed by atoms with van der Waals surface area (Å²) in [5.74, 6) is 0. The zero-order valence-electron chi connectivity index (χ0n) is 13.0. The average Bonchev–Trinajstić information content (AvgIpc) is 2.52. The Morgan fingerprint density at radius 1 is 1.04 bits per heavy atom. The highest BCUT2D eigenvalue weighted by Gasteiger charge is 2.26. The van der Waals surface area contributed by atoms with Gasteiger partial charge in [-0.3, -0.25) is 13.9 Å². The number of aromatic nitrogens is 2. The van der Waals surface area contributed by atoms with Gasteiger partial charge in [-0.2, -0.15) is 0 Å². The summed E-state index contributed by atoms with van der Waals surface area (Å²) in [6, 6.07) is 7.93. The second-order valence-electron chi connectivity index (χ2n) is 4.71. The van der Waals surface area contributed by atoms with Crippen LogP contribution in [0.25, 0.3) is 0 Å². The SMILES string of the molecule is CCOP(=O)(OCC)c1ccc(Cn2c(=O)cc[nH]c2=O)cc1. The van der Waals surface area contributed by atoms with Crippen molar-refractivity contribution in [2.75, 3.05) is 13.2 Å². The average molecular weight is 338 g/mol. The zero-order valence-corrected chi connectivity index (χ0v) is 13.9. The van der Waals surface area contributed by atoms with Crippen molar-refractivity contribution in [1.82, 2.24) is 9.55 Å². The molecular weight excluding hydrogens is 319 g/mol. The van der Waals surface area contributed by atoms with E-state index in [1.165, 1.54) is 12.3 Å². The van der Waals surface area contributed by atoms with Crippen molar-refractivity contribution >= 4 is 12.9 Å². The number of nitrogens with one attached hydrogen (secondary N) is 1.